The number of anilines is 3. The summed E-state index contributed by atoms with van der Waals surface area (Å²) in [5.41, 5.74) is 1.67. The summed E-state index contributed by atoms with van der Waals surface area (Å²) in [6, 6.07) is 14.6. The Morgan fingerprint density at radius 3 is 2.52 bits per heavy atom. The Bertz CT molecular complexity index is 882. The molecule has 126 valence electrons. The molecule has 3 rings (SSSR count). The summed E-state index contributed by atoms with van der Waals surface area (Å²) in [6.45, 7) is 4.18. The summed E-state index contributed by atoms with van der Waals surface area (Å²) in [5.74, 6) is -0.582. The van der Waals surface area contributed by atoms with E-state index in [4.69, 9.17) is 0 Å². The minimum atomic E-state index is -0.714. The molecule has 25 heavy (non-hydrogen) atoms. The van der Waals surface area contributed by atoms with Gasteiger partial charge >= 0.3 is 0 Å². The molecule has 3 aromatic rings. The van der Waals surface area contributed by atoms with E-state index in [9.17, 15) is 8.78 Å². The summed E-state index contributed by atoms with van der Waals surface area (Å²) >= 11 is 0. The lowest BCUT2D eigenvalue weighted by atomic mass is 10.1. The second-order valence-electron chi connectivity index (χ2n) is 5.25. The zero-order valence-corrected chi connectivity index (χ0v) is 13.3. The molecule has 1 heterocycles. The van der Waals surface area contributed by atoms with Crippen LogP contribution in [0.25, 0.3) is 11.3 Å². The fourth-order valence-corrected chi connectivity index (χ4v) is 2.24. The van der Waals surface area contributed by atoms with E-state index in [1.54, 1.807) is 12.1 Å². The van der Waals surface area contributed by atoms with Crippen molar-refractivity contribution in [3.05, 3.63) is 78.9 Å². The zero-order chi connectivity index (χ0) is 17.6. The average molecular weight is 338 g/mol. The van der Waals surface area contributed by atoms with Gasteiger partial charge in [-0.1, -0.05) is 36.4 Å². The van der Waals surface area contributed by atoms with Gasteiger partial charge in [-0.3, -0.25) is 0 Å². The van der Waals surface area contributed by atoms with E-state index in [-0.39, 0.29) is 11.6 Å². The molecule has 0 saturated heterocycles. The molecular weight excluding hydrogens is 322 g/mol. The number of aromatic nitrogens is 2. The van der Waals surface area contributed by atoms with Crippen LogP contribution in [0.4, 0.5) is 26.2 Å². The lowest BCUT2D eigenvalue weighted by Crippen LogP contribution is -2.06. The van der Waals surface area contributed by atoms with Gasteiger partial charge in [0.2, 0.25) is 5.95 Å². The largest absolute Gasteiger partial charge is 0.366 e. The Morgan fingerprint density at radius 1 is 1.00 bits per heavy atom. The zero-order valence-electron chi connectivity index (χ0n) is 13.3. The van der Waals surface area contributed by atoms with Gasteiger partial charge in [0.1, 0.15) is 17.5 Å². The quantitative estimate of drug-likeness (QED) is 0.636. The van der Waals surface area contributed by atoms with Gasteiger partial charge in [0.25, 0.3) is 0 Å². The van der Waals surface area contributed by atoms with E-state index in [0.29, 0.717) is 18.1 Å². The molecule has 0 radical (unpaired) electrons. The molecular formula is C19H16F2N4. The highest BCUT2D eigenvalue weighted by molar-refractivity contribution is 5.66. The van der Waals surface area contributed by atoms with Gasteiger partial charge in [-0.15, -0.1) is 6.58 Å². The van der Waals surface area contributed by atoms with Crippen LogP contribution in [-0.4, -0.2) is 16.5 Å². The van der Waals surface area contributed by atoms with Crippen molar-refractivity contribution in [2.24, 2.45) is 0 Å². The first kappa shape index (κ1) is 16.6. The molecule has 0 fully saturated rings. The third-order valence-electron chi connectivity index (χ3n) is 3.40. The van der Waals surface area contributed by atoms with Gasteiger partial charge in [-0.05, 0) is 12.1 Å². The minimum absolute atomic E-state index is 0.0984. The van der Waals surface area contributed by atoms with Gasteiger partial charge in [0.05, 0.1) is 11.4 Å². The number of hydrogen-bond donors (Lipinski definition) is 2. The third-order valence-corrected chi connectivity index (χ3v) is 3.40. The summed E-state index contributed by atoms with van der Waals surface area (Å²) in [5, 5.41) is 5.89. The Hall–Kier alpha value is -3.28. The smallest absolute Gasteiger partial charge is 0.229 e. The van der Waals surface area contributed by atoms with Crippen molar-refractivity contribution in [2.45, 2.75) is 0 Å². The maximum Gasteiger partial charge on any atom is 0.229 e. The lowest BCUT2D eigenvalue weighted by molar-refractivity contribution is 0.586. The van der Waals surface area contributed by atoms with Crippen LogP contribution in [0.2, 0.25) is 0 Å². The molecule has 0 bridgehead atoms. The van der Waals surface area contributed by atoms with Gasteiger partial charge in [0, 0.05) is 24.2 Å². The molecule has 2 N–H and O–H groups in total. The standard InChI is InChI=1S/C19H16F2N4/c1-2-10-22-18-12-17(13-6-4-3-5-7-13)24-19(25-18)23-16-9-8-14(20)11-15(16)21/h2-9,11-12H,1,10H2,(H2,22,23,24,25). The summed E-state index contributed by atoms with van der Waals surface area (Å²) in [7, 11) is 0. The van der Waals surface area contributed by atoms with Gasteiger partial charge in [-0.2, -0.15) is 4.98 Å². The van der Waals surface area contributed by atoms with Crippen LogP contribution in [0.5, 0.6) is 0 Å². The Kier molecular flexibility index (Phi) is 4.99. The lowest BCUT2D eigenvalue weighted by Gasteiger charge is -2.11. The van der Waals surface area contributed by atoms with Crippen LogP contribution in [0.1, 0.15) is 0 Å². The van der Waals surface area contributed by atoms with Gasteiger partial charge in [-0.25, -0.2) is 13.8 Å². The number of nitrogens with zero attached hydrogens (tertiary/aromatic N) is 2. The first-order valence-corrected chi connectivity index (χ1v) is 7.67. The monoisotopic (exact) mass is 338 g/mol. The molecule has 2 aromatic carbocycles. The molecule has 0 saturated carbocycles. The first-order chi connectivity index (χ1) is 12.2. The van der Waals surface area contributed by atoms with Gasteiger partial charge in [0.15, 0.2) is 0 Å². The van der Waals surface area contributed by atoms with E-state index in [2.05, 4.69) is 27.2 Å². The molecule has 0 aliphatic carbocycles. The number of benzene rings is 2. The van der Waals surface area contributed by atoms with Crippen LogP contribution in [0, 0.1) is 11.6 Å². The van der Waals surface area contributed by atoms with Crippen molar-refractivity contribution >= 4 is 17.5 Å². The average Bonchev–Trinajstić information content (AvgIpc) is 2.63. The Balaban J connectivity index is 1.98. The van der Waals surface area contributed by atoms with Crippen molar-refractivity contribution in [2.75, 3.05) is 17.2 Å². The number of hydrogen-bond acceptors (Lipinski definition) is 4. The van der Waals surface area contributed by atoms with Crippen LogP contribution < -0.4 is 10.6 Å². The third kappa shape index (κ3) is 4.17. The Morgan fingerprint density at radius 2 is 1.80 bits per heavy atom. The maximum absolute atomic E-state index is 13.9. The van der Waals surface area contributed by atoms with Gasteiger partial charge < -0.3 is 10.6 Å². The predicted octanol–water partition coefficient (Wildman–Crippen LogP) is 4.76. The van der Waals surface area contributed by atoms with E-state index < -0.39 is 11.6 Å². The molecule has 0 aliphatic rings. The van der Waals surface area contributed by atoms with E-state index in [0.717, 1.165) is 11.6 Å². The summed E-state index contributed by atoms with van der Waals surface area (Å²) < 4.78 is 26.9. The topological polar surface area (TPSA) is 49.8 Å². The molecule has 6 heteroatoms. The van der Waals surface area contributed by atoms with E-state index in [1.807, 2.05) is 30.3 Å². The van der Waals surface area contributed by atoms with Crippen LogP contribution in [0.3, 0.4) is 0 Å². The van der Waals surface area contributed by atoms with E-state index in [1.165, 1.54) is 12.1 Å². The highest BCUT2D eigenvalue weighted by atomic mass is 19.1. The van der Waals surface area contributed by atoms with Crippen molar-refractivity contribution < 1.29 is 8.78 Å². The normalized spacial score (nSPS) is 10.3. The second-order valence-corrected chi connectivity index (χ2v) is 5.25. The van der Waals surface area contributed by atoms with E-state index >= 15 is 0 Å². The van der Waals surface area contributed by atoms with Crippen molar-refractivity contribution in [1.82, 2.24) is 9.97 Å². The summed E-state index contributed by atoms with van der Waals surface area (Å²) in [4.78, 5) is 8.74. The first-order valence-electron chi connectivity index (χ1n) is 7.67. The molecule has 0 spiro atoms. The predicted molar refractivity (Wildman–Crippen MR) is 95.8 cm³/mol. The molecule has 0 atom stereocenters. The fraction of sp³-hybridized carbons (Fsp3) is 0.0526. The highest BCUT2D eigenvalue weighted by Crippen LogP contribution is 2.24. The number of rotatable bonds is 6. The SMILES string of the molecule is C=CCNc1cc(-c2ccccc2)nc(Nc2ccc(F)cc2F)n1. The fourth-order valence-electron chi connectivity index (χ4n) is 2.24. The van der Waals surface area contributed by atoms with Crippen LogP contribution in [-0.2, 0) is 0 Å². The van der Waals surface area contributed by atoms with Crippen molar-refractivity contribution in [3.63, 3.8) is 0 Å². The molecule has 0 amide bonds. The molecule has 0 unspecified atom stereocenters. The minimum Gasteiger partial charge on any atom is -0.366 e. The molecule has 1 aromatic heterocycles. The highest BCUT2D eigenvalue weighted by Gasteiger charge is 2.09. The number of halogens is 2. The molecule has 0 aliphatic heterocycles. The molecule has 4 nitrogen and oxygen atoms in total. The van der Waals surface area contributed by atoms with Crippen LogP contribution in [0.15, 0.2) is 67.3 Å². The maximum atomic E-state index is 13.9. The van der Waals surface area contributed by atoms with Crippen molar-refractivity contribution in [3.8, 4) is 11.3 Å². The number of nitrogens with one attached hydrogen (secondary N) is 2. The van der Waals surface area contributed by atoms with Crippen molar-refractivity contribution in [1.29, 1.82) is 0 Å². The summed E-state index contributed by atoms with van der Waals surface area (Å²) in [6.07, 6.45) is 1.71. The Labute approximate surface area is 144 Å². The van der Waals surface area contributed by atoms with Crippen LogP contribution >= 0.6 is 0 Å². The second kappa shape index (κ2) is 7.53.